The van der Waals surface area contributed by atoms with Gasteiger partial charge in [-0.1, -0.05) is 40.2 Å². The van der Waals surface area contributed by atoms with E-state index in [2.05, 4.69) is 15.9 Å². The van der Waals surface area contributed by atoms with Crippen molar-refractivity contribution in [3.8, 4) is 0 Å². The molecule has 0 saturated carbocycles. The molecule has 1 atom stereocenters. The Labute approximate surface area is 154 Å². The normalized spacial score (nSPS) is 11.7. The first-order valence-electron chi connectivity index (χ1n) is 7.81. The van der Waals surface area contributed by atoms with Crippen LogP contribution in [0, 0.1) is 5.82 Å². The molecule has 0 fully saturated rings. The zero-order valence-corrected chi connectivity index (χ0v) is 15.6. The van der Waals surface area contributed by atoms with Gasteiger partial charge in [0, 0.05) is 17.4 Å². The van der Waals surface area contributed by atoms with Crippen molar-refractivity contribution < 1.29 is 18.7 Å². The van der Waals surface area contributed by atoms with Crippen LogP contribution in [0.3, 0.4) is 0 Å². The number of amides is 1. The average Bonchev–Trinajstić information content (AvgIpc) is 2.62. The number of rotatable bonds is 6. The van der Waals surface area contributed by atoms with Crippen LogP contribution in [0.25, 0.3) is 0 Å². The van der Waals surface area contributed by atoms with Crippen LogP contribution in [0.4, 0.5) is 9.18 Å². The molecule has 2 rings (SSSR count). The highest BCUT2D eigenvalue weighted by Crippen LogP contribution is 2.23. The quantitative estimate of drug-likeness (QED) is 0.633. The molecule has 1 amide bonds. The van der Waals surface area contributed by atoms with Crippen LogP contribution in [0.15, 0.2) is 53.0 Å². The van der Waals surface area contributed by atoms with E-state index in [1.807, 2.05) is 31.2 Å². The van der Waals surface area contributed by atoms with Gasteiger partial charge in [0.05, 0.1) is 18.7 Å². The number of carbonyl (C=O) groups is 2. The van der Waals surface area contributed by atoms with Gasteiger partial charge in [0.1, 0.15) is 5.82 Å². The lowest BCUT2D eigenvalue weighted by atomic mass is 10.0. The predicted octanol–water partition coefficient (Wildman–Crippen LogP) is 4.99. The van der Waals surface area contributed by atoms with Gasteiger partial charge in [-0.2, -0.15) is 0 Å². The highest BCUT2D eigenvalue weighted by molar-refractivity contribution is 9.10. The summed E-state index contributed by atoms with van der Waals surface area (Å²) in [5.74, 6) is -0.909. The number of hydrogen-bond donors (Lipinski definition) is 0. The van der Waals surface area contributed by atoms with E-state index in [-0.39, 0.29) is 30.4 Å². The predicted molar refractivity (Wildman–Crippen MR) is 97.0 cm³/mol. The lowest BCUT2D eigenvalue weighted by Gasteiger charge is -2.28. The Morgan fingerprint density at radius 1 is 1.16 bits per heavy atom. The average molecular weight is 408 g/mol. The third-order valence-corrected chi connectivity index (χ3v) is 4.51. The number of halogens is 2. The van der Waals surface area contributed by atoms with Crippen molar-refractivity contribution in [3.05, 3.63) is 69.9 Å². The van der Waals surface area contributed by atoms with Crippen LogP contribution >= 0.6 is 15.9 Å². The second kappa shape index (κ2) is 8.76. The summed E-state index contributed by atoms with van der Waals surface area (Å²) >= 11 is 3.37. The number of Topliss-reactive ketones (excluding diaryl/α,β-unsaturated/α-hetero) is 1. The van der Waals surface area contributed by atoms with E-state index in [9.17, 15) is 14.0 Å². The minimum absolute atomic E-state index is 0.0108. The summed E-state index contributed by atoms with van der Waals surface area (Å²) < 4.78 is 19.5. The third kappa shape index (κ3) is 4.89. The summed E-state index contributed by atoms with van der Waals surface area (Å²) in [5, 5.41) is 0. The number of methoxy groups -OCH3 is 1. The van der Waals surface area contributed by atoms with Crippen LogP contribution in [0.2, 0.25) is 0 Å². The van der Waals surface area contributed by atoms with E-state index < -0.39 is 11.9 Å². The van der Waals surface area contributed by atoms with E-state index in [0.717, 1.165) is 10.0 Å². The molecular weight excluding hydrogens is 389 g/mol. The molecule has 0 saturated heterocycles. The van der Waals surface area contributed by atoms with E-state index in [4.69, 9.17) is 4.74 Å². The van der Waals surface area contributed by atoms with E-state index in [1.54, 1.807) is 6.07 Å². The van der Waals surface area contributed by atoms with Gasteiger partial charge >= 0.3 is 6.09 Å². The Morgan fingerprint density at radius 3 is 2.40 bits per heavy atom. The van der Waals surface area contributed by atoms with E-state index in [0.29, 0.717) is 0 Å². The highest BCUT2D eigenvalue weighted by atomic mass is 79.9. The molecule has 0 spiro atoms. The molecular formula is C19H19BrFNO3. The van der Waals surface area contributed by atoms with Gasteiger partial charge in [-0.25, -0.2) is 9.18 Å². The van der Waals surface area contributed by atoms with Gasteiger partial charge in [0.2, 0.25) is 0 Å². The molecule has 0 radical (unpaired) electrons. The summed E-state index contributed by atoms with van der Waals surface area (Å²) in [6.45, 7) is 1.99. The first kappa shape index (κ1) is 19.1. The topological polar surface area (TPSA) is 46.6 Å². The third-order valence-electron chi connectivity index (χ3n) is 3.98. The standard InChI is InChI=1S/C19H19BrFNO3/c1-13(14-7-9-15(20)10-8-14)22(19(24)25-2)12-11-18(23)16-5-3-4-6-17(16)21/h3-10,13H,11-12H2,1-2H3. The number of ketones is 1. The number of benzene rings is 2. The van der Waals surface area contributed by atoms with Crippen molar-refractivity contribution in [2.75, 3.05) is 13.7 Å². The number of hydrogen-bond acceptors (Lipinski definition) is 3. The fraction of sp³-hybridized carbons (Fsp3) is 0.263. The van der Waals surface area contributed by atoms with Gasteiger partial charge in [0.25, 0.3) is 0 Å². The molecule has 2 aromatic carbocycles. The smallest absolute Gasteiger partial charge is 0.409 e. The molecule has 0 bridgehead atoms. The van der Waals surface area contributed by atoms with Gasteiger partial charge < -0.3 is 9.64 Å². The second-order valence-corrected chi connectivity index (χ2v) is 6.46. The van der Waals surface area contributed by atoms with Gasteiger partial charge in [0.15, 0.2) is 5.78 Å². The molecule has 0 aliphatic heterocycles. The molecule has 0 aliphatic rings. The van der Waals surface area contributed by atoms with Crippen molar-refractivity contribution in [2.24, 2.45) is 0 Å². The fourth-order valence-electron chi connectivity index (χ4n) is 2.53. The molecule has 0 aromatic heterocycles. The van der Waals surface area contributed by atoms with Crippen molar-refractivity contribution >= 4 is 27.8 Å². The van der Waals surface area contributed by atoms with Crippen molar-refractivity contribution in [3.63, 3.8) is 0 Å². The van der Waals surface area contributed by atoms with Crippen molar-refractivity contribution in [2.45, 2.75) is 19.4 Å². The van der Waals surface area contributed by atoms with Gasteiger partial charge in [-0.3, -0.25) is 4.79 Å². The van der Waals surface area contributed by atoms with Crippen LogP contribution in [-0.4, -0.2) is 30.4 Å². The zero-order chi connectivity index (χ0) is 18.4. The van der Waals surface area contributed by atoms with Crippen LogP contribution in [-0.2, 0) is 4.74 Å². The summed E-state index contributed by atoms with van der Waals surface area (Å²) in [5.41, 5.74) is 0.940. The van der Waals surface area contributed by atoms with E-state index >= 15 is 0 Å². The Morgan fingerprint density at radius 2 is 1.80 bits per heavy atom. The molecule has 25 heavy (non-hydrogen) atoms. The summed E-state index contributed by atoms with van der Waals surface area (Å²) in [6.07, 6.45) is -0.520. The molecule has 0 heterocycles. The summed E-state index contributed by atoms with van der Waals surface area (Å²) in [4.78, 5) is 25.8. The first-order valence-corrected chi connectivity index (χ1v) is 8.61. The van der Waals surface area contributed by atoms with Crippen LogP contribution < -0.4 is 0 Å². The molecule has 4 nitrogen and oxygen atoms in total. The van der Waals surface area contributed by atoms with Crippen molar-refractivity contribution in [1.82, 2.24) is 4.90 Å². The fourth-order valence-corrected chi connectivity index (χ4v) is 2.79. The molecule has 6 heteroatoms. The summed E-state index contributed by atoms with van der Waals surface area (Å²) in [6, 6.07) is 13.1. The number of nitrogens with zero attached hydrogens (tertiary/aromatic N) is 1. The van der Waals surface area contributed by atoms with Crippen LogP contribution in [0.1, 0.15) is 35.3 Å². The Balaban J connectivity index is 2.12. The maximum absolute atomic E-state index is 13.7. The van der Waals surface area contributed by atoms with Gasteiger partial charge in [-0.05, 0) is 36.8 Å². The lowest BCUT2D eigenvalue weighted by molar-refractivity contribution is 0.0908. The minimum atomic E-state index is -0.557. The number of carbonyl (C=O) groups excluding carboxylic acids is 2. The molecule has 132 valence electrons. The molecule has 1 unspecified atom stereocenters. The molecule has 0 N–H and O–H groups in total. The number of ether oxygens (including phenoxy) is 1. The second-order valence-electron chi connectivity index (χ2n) is 5.54. The summed E-state index contributed by atoms with van der Waals surface area (Å²) in [7, 11) is 1.29. The van der Waals surface area contributed by atoms with Crippen LogP contribution in [0.5, 0.6) is 0 Å². The minimum Gasteiger partial charge on any atom is -0.453 e. The lowest BCUT2D eigenvalue weighted by Crippen LogP contribution is -2.35. The Hall–Kier alpha value is -2.21. The Kier molecular flexibility index (Phi) is 6.70. The largest absolute Gasteiger partial charge is 0.453 e. The SMILES string of the molecule is COC(=O)N(CCC(=O)c1ccccc1F)C(C)c1ccc(Br)cc1. The maximum Gasteiger partial charge on any atom is 0.409 e. The maximum atomic E-state index is 13.7. The Bertz CT molecular complexity index is 749. The molecule has 0 aliphatic carbocycles. The van der Waals surface area contributed by atoms with Gasteiger partial charge in [-0.15, -0.1) is 0 Å². The van der Waals surface area contributed by atoms with Crippen molar-refractivity contribution in [1.29, 1.82) is 0 Å². The highest BCUT2D eigenvalue weighted by Gasteiger charge is 2.23. The molecule has 2 aromatic rings. The monoisotopic (exact) mass is 407 g/mol. The zero-order valence-electron chi connectivity index (χ0n) is 14.0. The van der Waals surface area contributed by atoms with E-state index in [1.165, 1.54) is 30.2 Å². The first-order chi connectivity index (χ1) is 11.9.